The van der Waals surface area contributed by atoms with Crippen LogP contribution in [0.2, 0.25) is 0 Å². The molecule has 0 bridgehead atoms. The van der Waals surface area contributed by atoms with Crippen molar-refractivity contribution in [3.05, 3.63) is 43.8 Å². The highest BCUT2D eigenvalue weighted by Gasteiger charge is 2.23. The average molecular weight is 518 g/mol. The number of ether oxygens (including phenoxy) is 2. The van der Waals surface area contributed by atoms with Crippen molar-refractivity contribution in [2.75, 3.05) is 44.2 Å². The summed E-state index contributed by atoms with van der Waals surface area (Å²) >= 11 is 1.01. The van der Waals surface area contributed by atoms with E-state index in [4.69, 9.17) is 9.47 Å². The van der Waals surface area contributed by atoms with E-state index in [0.29, 0.717) is 24.6 Å². The van der Waals surface area contributed by atoms with Crippen LogP contribution in [0, 0.1) is 11.3 Å². The van der Waals surface area contributed by atoms with Crippen LogP contribution in [0.3, 0.4) is 0 Å². The van der Waals surface area contributed by atoms with E-state index in [-0.39, 0.29) is 46.0 Å². The normalized spacial score (nSPS) is 12.6. The summed E-state index contributed by atoms with van der Waals surface area (Å²) in [6, 6.07) is 8.77. The predicted molar refractivity (Wildman–Crippen MR) is 138 cm³/mol. The number of hydrogen-bond acceptors (Lipinski definition) is 9. The average Bonchev–Trinajstić information content (AvgIpc) is 3.15. The molecule has 2 rings (SSSR count). The molecule has 1 aromatic heterocycles. The minimum absolute atomic E-state index is 0.109. The van der Waals surface area contributed by atoms with Gasteiger partial charge in [-0.3, -0.25) is 19.0 Å². The van der Waals surface area contributed by atoms with E-state index < -0.39 is 11.4 Å². The Morgan fingerprint density at radius 3 is 2.64 bits per heavy atom. The summed E-state index contributed by atoms with van der Waals surface area (Å²) in [5, 5.41) is 27.4. The van der Waals surface area contributed by atoms with Gasteiger partial charge in [-0.15, -0.1) is 11.3 Å². The third-order valence-electron chi connectivity index (χ3n) is 4.81. The zero-order valence-corrected chi connectivity index (χ0v) is 21.5. The van der Waals surface area contributed by atoms with Crippen LogP contribution in [0.5, 0.6) is 0 Å². The highest BCUT2D eigenvalue weighted by atomic mass is 32.1. The van der Waals surface area contributed by atoms with Crippen molar-refractivity contribution >= 4 is 46.3 Å². The molecule has 0 radical (unpaired) electrons. The van der Waals surface area contributed by atoms with Crippen LogP contribution < -0.4 is 30.7 Å². The number of nitrogens with one attached hydrogen (secondary N) is 3. The summed E-state index contributed by atoms with van der Waals surface area (Å²) in [5.74, 6) is -0.989. The van der Waals surface area contributed by atoms with E-state index in [1.807, 2.05) is 6.07 Å². The van der Waals surface area contributed by atoms with E-state index >= 15 is 0 Å². The Hall–Kier alpha value is -3.50. The maximum Gasteiger partial charge on any atom is 0.270 e. The summed E-state index contributed by atoms with van der Waals surface area (Å²) in [5.41, 5.74) is -0.352. The molecular weight excluding hydrogens is 486 g/mol. The second kappa shape index (κ2) is 13.6. The first-order valence-electron chi connectivity index (χ1n) is 11.2. The number of carbonyl (C=O) groups is 2. The van der Waals surface area contributed by atoms with Crippen LogP contribution in [0.25, 0.3) is 11.8 Å². The molecule has 11 nitrogen and oxygen atoms in total. The number of methoxy groups -OCH3 is 1. The maximum absolute atomic E-state index is 12.9. The van der Waals surface area contributed by atoms with Gasteiger partial charge in [0.05, 0.1) is 25.4 Å². The fraction of sp³-hybridized carbons (Fsp3) is 0.417. The zero-order chi connectivity index (χ0) is 26.7. The zero-order valence-electron chi connectivity index (χ0n) is 20.7. The van der Waals surface area contributed by atoms with Gasteiger partial charge in [-0.05, 0) is 39.0 Å². The first kappa shape index (κ1) is 28.7. The third kappa shape index (κ3) is 8.03. The van der Waals surface area contributed by atoms with E-state index in [2.05, 4.69) is 16.0 Å². The number of aromatic nitrogens is 1. The van der Waals surface area contributed by atoms with Crippen molar-refractivity contribution in [3.8, 4) is 6.07 Å². The molecule has 0 spiro atoms. The quantitative estimate of drug-likeness (QED) is 0.286. The Kier molecular flexibility index (Phi) is 10.8. The molecule has 0 aliphatic carbocycles. The fourth-order valence-corrected chi connectivity index (χ4v) is 4.02. The number of carbonyl (C=O) groups excluding carboxylic acids is 2. The molecule has 12 heteroatoms. The highest BCUT2D eigenvalue weighted by molar-refractivity contribution is 7.07. The molecule has 1 aromatic carbocycles. The Morgan fingerprint density at radius 1 is 1.28 bits per heavy atom. The van der Waals surface area contributed by atoms with Crippen LogP contribution in [-0.2, 0) is 25.6 Å². The topological polar surface area (TPSA) is 155 Å². The number of aliphatic hydroxyl groups excluding tert-OH is 1. The third-order valence-corrected chi connectivity index (χ3v) is 5.94. The number of aliphatic hydroxyl groups is 1. The summed E-state index contributed by atoms with van der Waals surface area (Å²) < 4.78 is 11.9. The molecule has 4 N–H and O–H groups in total. The summed E-state index contributed by atoms with van der Waals surface area (Å²) in [6.45, 7) is 5.52. The second-order valence-corrected chi connectivity index (χ2v) is 9.30. The molecule has 2 aromatic rings. The number of hydrogen-bond donors (Lipinski definition) is 4. The van der Waals surface area contributed by atoms with Gasteiger partial charge in [-0.1, -0.05) is 6.07 Å². The molecule has 0 aliphatic rings. The number of rotatable bonds is 12. The lowest BCUT2D eigenvalue weighted by atomic mass is 10.1. The Bertz CT molecular complexity index is 1290. The Balaban J connectivity index is 2.29. The van der Waals surface area contributed by atoms with Gasteiger partial charge in [0.1, 0.15) is 21.9 Å². The van der Waals surface area contributed by atoms with E-state index in [0.717, 1.165) is 11.3 Å². The van der Waals surface area contributed by atoms with Gasteiger partial charge < -0.3 is 30.5 Å². The maximum atomic E-state index is 12.9. The monoisotopic (exact) mass is 517 g/mol. The number of amides is 2. The van der Waals surface area contributed by atoms with Gasteiger partial charge in [0.25, 0.3) is 11.5 Å². The first-order valence-corrected chi connectivity index (χ1v) is 12.0. The minimum Gasteiger partial charge on any atom is -0.394 e. The van der Waals surface area contributed by atoms with Crippen molar-refractivity contribution in [2.45, 2.75) is 32.9 Å². The Labute approximate surface area is 212 Å². The lowest BCUT2D eigenvalue weighted by Gasteiger charge is -2.22. The van der Waals surface area contributed by atoms with Crippen molar-refractivity contribution in [1.29, 1.82) is 5.26 Å². The summed E-state index contributed by atoms with van der Waals surface area (Å²) in [4.78, 5) is 37.6. The molecule has 36 heavy (non-hydrogen) atoms. The number of benzene rings is 1. The molecular formula is C24H31N5O6S. The number of nitriles is 1. The first-order chi connectivity index (χ1) is 17.1. The molecule has 0 atom stereocenters. The highest BCUT2D eigenvalue weighted by Crippen LogP contribution is 2.15. The molecule has 1 heterocycles. The summed E-state index contributed by atoms with van der Waals surface area (Å²) in [7, 11) is 1.55. The molecule has 0 saturated carbocycles. The van der Waals surface area contributed by atoms with Crippen LogP contribution in [0.4, 0.5) is 11.4 Å². The van der Waals surface area contributed by atoms with Gasteiger partial charge in [0.2, 0.25) is 5.91 Å². The predicted octanol–water partition coefficient (Wildman–Crippen LogP) is -0.0573. The van der Waals surface area contributed by atoms with E-state index in [1.165, 1.54) is 10.8 Å². The fourth-order valence-electron chi connectivity index (χ4n) is 2.94. The SMILES string of the molecule is CCn1c(=C(C#N)C(=O)NC(C)(C)CO)sc(=CNc2cccc(NC(=O)COCCOC)c2)c1=O. The number of nitrogens with zero attached hydrogens (tertiary/aromatic N) is 2. The van der Waals surface area contributed by atoms with Gasteiger partial charge in [-0.25, -0.2) is 0 Å². The van der Waals surface area contributed by atoms with Crippen molar-refractivity contribution in [3.63, 3.8) is 0 Å². The van der Waals surface area contributed by atoms with Gasteiger partial charge in [0, 0.05) is 31.2 Å². The lowest BCUT2D eigenvalue weighted by Crippen LogP contribution is -2.47. The van der Waals surface area contributed by atoms with Crippen LogP contribution in [0.1, 0.15) is 20.8 Å². The van der Waals surface area contributed by atoms with Gasteiger partial charge in [-0.2, -0.15) is 5.26 Å². The smallest absolute Gasteiger partial charge is 0.270 e. The van der Waals surface area contributed by atoms with Crippen LogP contribution >= 0.6 is 11.3 Å². The van der Waals surface area contributed by atoms with Crippen LogP contribution in [0.15, 0.2) is 29.1 Å². The molecule has 194 valence electrons. The molecule has 0 aliphatic heterocycles. The largest absolute Gasteiger partial charge is 0.394 e. The standard InChI is InChI=1S/C24H31N5O6S/c1-5-29-22(33)19(36-23(29)18(12-25)21(32)28-24(2,3)15-30)13-26-16-7-6-8-17(11-16)27-20(31)14-35-10-9-34-4/h6-8,11,13,26,30H,5,9-10,14-15H2,1-4H3,(H,27,31)(H,28,32). The molecule has 0 saturated heterocycles. The van der Waals surface area contributed by atoms with Crippen molar-refractivity contribution in [2.24, 2.45) is 0 Å². The molecule has 0 fully saturated rings. The van der Waals surface area contributed by atoms with Crippen molar-refractivity contribution < 1.29 is 24.2 Å². The van der Waals surface area contributed by atoms with Gasteiger partial charge in [0.15, 0.2) is 5.57 Å². The van der Waals surface area contributed by atoms with Crippen molar-refractivity contribution in [1.82, 2.24) is 9.88 Å². The van der Waals surface area contributed by atoms with E-state index in [9.17, 15) is 24.8 Å². The number of thiazole rings is 1. The van der Waals surface area contributed by atoms with E-state index in [1.54, 1.807) is 52.1 Å². The second-order valence-electron chi connectivity index (χ2n) is 8.27. The van der Waals surface area contributed by atoms with Crippen LogP contribution in [-0.4, -0.2) is 60.6 Å². The van der Waals surface area contributed by atoms with Gasteiger partial charge >= 0.3 is 0 Å². The summed E-state index contributed by atoms with van der Waals surface area (Å²) in [6.07, 6.45) is 1.49. The Morgan fingerprint density at radius 2 is 2.00 bits per heavy atom. The number of anilines is 2. The molecule has 0 unspecified atom stereocenters. The lowest BCUT2D eigenvalue weighted by molar-refractivity contribution is -0.121. The molecule has 2 amide bonds. The minimum atomic E-state index is -0.930.